The zero-order chi connectivity index (χ0) is 14.8. The molecule has 0 aliphatic rings. The van der Waals surface area contributed by atoms with Gasteiger partial charge in [0.05, 0.1) is 18.7 Å². The van der Waals surface area contributed by atoms with E-state index in [0.717, 1.165) is 5.39 Å². The summed E-state index contributed by atoms with van der Waals surface area (Å²) in [6.07, 6.45) is 2.84. The third kappa shape index (κ3) is 2.43. The summed E-state index contributed by atoms with van der Waals surface area (Å²) in [6, 6.07) is 8.49. The molecule has 0 saturated heterocycles. The van der Waals surface area contributed by atoms with Crippen molar-refractivity contribution in [3.63, 3.8) is 0 Å². The summed E-state index contributed by atoms with van der Waals surface area (Å²) in [5, 5.41) is 5.43. The predicted molar refractivity (Wildman–Crippen MR) is 76.6 cm³/mol. The van der Waals surface area contributed by atoms with Crippen LogP contribution in [0.15, 0.2) is 56.8 Å². The number of hydrogen-bond acceptors (Lipinski definition) is 5. The van der Waals surface area contributed by atoms with E-state index in [1.807, 2.05) is 12.1 Å². The average molecular weight is 284 g/mol. The fourth-order valence-electron chi connectivity index (χ4n) is 2.06. The molecular weight excluding hydrogens is 272 g/mol. The Hall–Kier alpha value is -2.89. The van der Waals surface area contributed by atoms with Crippen molar-refractivity contribution in [1.29, 1.82) is 0 Å². The van der Waals surface area contributed by atoms with Gasteiger partial charge in [-0.15, -0.1) is 0 Å². The zero-order valence-electron chi connectivity index (χ0n) is 11.3. The van der Waals surface area contributed by atoms with Gasteiger partial charge < -0.3 is 9.15 Å². The molecule has 0 bridgehead atoms. The van der Waals surface area contributed by atoms with Crippen LogP contribution in [-0.2, 0) is 6.54 Å². The largest absolute Gasteiger partial charge is 0.490 e. The molecule has 0 aliphatic heterocycles. The van der Waals surface area contributed by atoms with Gasteiger partial charge in [0, 0.05) is 11.5 Å². The van der Waals surface area contributed by atoms with E-state index in [1.54, 1.807) is 18.3 Å². The topological polar surface area (TPSA) is 74.3 Å². The van der Waals surface area contributed by atoms with Crippen LogP contribution in [0.1, 0.15) is 5.76 Å². The minimum absolute atomic E-state index is 0.0862. The van der Waals surface area contributed by atoms with Crippen molar-refractivity contribution in [2.75, 3.05) is 7.11 Å². The fourth-order valence-corrected chi connectivity index (χ4v) is 2.06. The highest BCUT2D eigenvalue weighted by atomic mass is 16.5. The minimum Gasteiger partial charge on any atom is -0.490 e. The maximum Gasteiger partial charge on any atom is 0.275 e. The molecule has 21 heavy (non-hydrogen) atoms. The first kappa shape index (κ1) is 13.1. The Balaban J connectivity index is 2.02. The number of hydrogen-bond donors (Lipinski definition) is 0. The normalized spacial score (nSPS) is 10.7. The van der Waals surface area contributed by atoms with Crippen LogP contribution in [0.4, 0.5) is 0 Å². The van der Waals surface area contributed by atoms with Crippen LogP contribution in [0.5, 0.6) is 5.75 Å². The highest BCUT2D eigenvalue weighted by Gasteiger charge is 2.08. The predicted octanol–water partition coefficient (Wildman–Crippen LogP) is 1.41. The van der Waals surface area contributed by atoms with Crippen molar-refractivity contribution < 1.29 is 9.15 Å². The smallest absolute Gasteiger partial charge is 0.275 e. The lowest BCUT2D eigenvalue weighted by Gasteiger charge is -2.05. The Bertz CT molecular complexity index is 911. The van der Waals surface area contributed by atoms with Gasteiger partial charge in [0.1, 0.15) is 18.6 Å². The maximum atomic E-state index is 12.3. The van der Waals surface area contributed by atoms with Gasteiger partial charge >= 0.3 is 0 Å². The van der Waals surface area contributed by atoms with Crippen LogP contribution in [0.25, 0.3) is 10.8 Å². The molecule has 0 N–H and O–H groups in total. The van der Waals surface area contributed by atoms with Crippen LogP contribution in [0.2, 0.25) is 0 Å². The van der Waals surface area contributed by atoms with Crippen molar-refractivity contribution in [3.05, 3.63) is 69.1 Å². The molecule has 3 rings (SSSR count). The molecule has 1 aromatic carbocycles. The van der Waals surface area contributed by atoms with Gasteiger partial charge in [-0.25, -0.2) is 4.68 Å². The first-order chi connectivity index (χ1) is 10.2. The summed E-state index contributed by atoms with van der Waals surface area (Å²) in [6.45, 7) is 0.0862. The van der Waals surface area contributed by atoms with Crippen LogP contribution < -0.4 is 15.7 Å². The molecule has 0 atom stereocenters. The Labute approximate surface area is 119 Å². The average Bonchev–Trinajstić information content (AvgIpc) is 2.51. The molecule has 0 unspecified atom stereocenters. The number of methoxy groups -OCH3 is 1. The Morgan fingerprint density at radius 3 is 2.86 bits per heavy atom. The molecule has 0 aliphatic carbocycles. The standard InChI is InChI=1S/C15H12N2O4/c1-20-14-9-21-11(6-13(14)18)8-17-15(19)12-5-3-2-4-10(12)7-16-17/h2-7,9H,8H2,1H3. The third-order valence-corrected chi connectivity index (χ3v) is 3.14. The number of aromatic nitrogens is 2. The van der Waals surface area contributed by atoms with Crippen LogP contribution >= 0.6 is 0 Å². The zero-order valence-corrected chi connectivity index (χ0v) is 11.3. The van der Waals surface area contributed by atoms with Crippen LogP contribution in [0, 0.1) is 0 Å². The second-order valence-electron chi connectivity index (χ2n) is 4.47. The lowest BCUT2D eigenvalue weighted by Crippen LogP contribution is -2.23. The van der Waals surface area contributed by atoms with Gasteiger partial charge in [-0.3, -0.25) is 9.59 Å². The van der Waals surface area contributed by atoms with E-state index in [4.69, 9.17) is 9.15 Å². The molecular formula is C15H12N2O4. The summed E-state index contributed by atoms with van der Waals surface area (Å²) in [4.78, 5) is 24.0. The summed E-state index contributed by atoms with van der Waals surface area (Å²) in [5.74, 6) is 0.461. The lowest BCUT2D eigenvalue weighted by molar-refractivity contribution is 0.373. The molecule has 0 amide bonds. The van der Waals surface area contributed by atoms with E-state index in [9.17, 15) is 9.59 Å². The SMILES string of the molecule is COc1coc(Cn2ncc3ccccc3c2=O)cc1=O. The van der Waals surface area contributed by atoms with Crippen molar-refractivity contribution in [2.45, 2.75) is 6.54 Å². The van der Waals surface area contributed by atoms with Gasteiger partial charge in [-0.2, -0.15) is 5.10 Å². The Kier molecular flexibility index (Phi) is 3.27. The van der Waals surface area contributed by atoms with Gasteiger partial charge in [0.15, 0.2) is 0 Å². The quantitative estimate of drug-likeness (QED) is 0.727. The van der Waals surface area contributed by atoms with Gasteiger partial charge in [0.2, 0.25) is 11.2 Å². The lowest BCUT2D eigenvalue weighted by atomic mass is 10.2. The monoisotopic (exact) mass is 284 g/mol. The molecule has 6 heteroatoms. The van der Waals surface area contributed by atoms with Crippen molar-refractivity contribution in [2.24, 2.45) is 0 Å². The van der Waals surface area contributed by atoms with Gasteiger partial charge in [0.25, 0.3) is 5.56 Å². The third-order valence-electron chi connectivity index (χ3n) is 3.14. The molecule has 0 radical (unpaired) electrons. The highest BCUT2D eigenvalue weighted by Crippen LogP contribution is 2.08. The Morgan fingerprint density at radius 2 is 2.10 bits per heavy atom. The maximum absolute atomic E-state index is 12.3. The van der Waals surface area contributed by atoms with Crippen molar-refractivity contribution in [1.82, 2.24) is 9.78 Å². The van der Waals surface area contributed by atoms with E-state index in [0.29, 0.717) is 11.1 Å². The van der Waals surface area contributed by atoms with E-state index in [-0.39, 0.29) is 23.3 Å². The fraction of sp³-hybridized carbons (Fsp3) is 0.133. The molecule has 2 heterocycles. The molecule has 2 aromatic heterocycles. The number of benzene rings is 1. The highest BCUT2D eigenvalue weighted by molar-refractivity contribution is 5.80. The number of rotatable bonds is 3. The van der Waals surface area contributed by atoms with Gasteiger partial charge in [-0.1, -0.05) is 18.2 Å². The molecule has 0 fully saturated rings. The second kappa shape index (κ2) is 5.24. The first-order valence-electron chi connectivity index (χ1n) is 6.29. The summed E-state index contributed by atoms with van der Waals surface area (Å²) < 4.78 is 11.4. The van der Waals surface area contributed by atoms with Crippen LogP contribution in [-0.4, -0.2) is 16.9 Å². The van der Waals surface area contributed by atoms with E-state index in [1.165, 1.54) is 24.1 Å². The molecule has 106 valence electrons. The first-order valence-corrected chi connectivity index (χ1v) is 6.29. The van der Waals surface area contributed by atoms with E-state index in [2.05, 4.69) is 5.10 Å². The van der Waals surface area contributed by atoms with Crippen molar-refractivity contribution in [3.8, 4) is 5.75 Å². The Morgan fingerprint density at radius 1 is 1.29 bits per heavy atom. The van der Waals surface area contributed by atoms with E-state index < -0.39 is 0 Å². The molecule has 0 saturated carbocycles. The van der Waals surface area contributed by atoms with E-state index >= 15 is 0 Å². The summed E-state index contributed by atoms with van der Waals surface area (Å²) >= 11 is 0. The summed E-state index contributed by atoms with van der Waals surface area (Å²) in [5.41, 5.74) is -0.529. The summed E-state index contributed by atoms with van der Waals surface area (Å²) in [7, 11) is 1.39. The number of fused-ring (bicyclic) bond motifs is 1. The number of nitrogens with zero attached hydrogens (tertiary/aromatic N) is 2. The minimum atomic E-state index is -0.299. The molecule has 0 spiro atoms. The van der Waals surface area contributed by atoms with Crippen LogP contribution in [0.3, 0.4) is 0 Å². The molecule has 3 aromatic rings. The second-order valence-corrected chi connectivity index (χ2v) is 4.47. The van der Waals surface area contributed by atoms with Gasteiger partial charge in [-0.05, 0) is 6.07 Å². The van der Waals surface area contributed by atoms with Crippen molar-refractivity contribution >= 4 is 10.8 Å². The number of ether oxygens (including phenoxy) is 1. The molecule has 6 nitrogen and oxygen atoms in total.